The van der Waals surface area contributed by atoms with Crippen molar-refractivity contribution < 1.29 is 14.7 Å². The first-order valence-corrected chi connectivity index (χ1v) is 8.97. The molecule has 0 atom stereocenters. The summed E-state index contributed by atoms with van der Waals surface area (Å²) in [4.78, 5) is 26.1. The molecule has 4 rings (SSSR count). The lowest BCUT2D eigenvalue weighted by Crippen LogP contribution is -2.28. The predicted molar refractivity (Wildman–Crippen MR) is 99.1 cm³/mol. The maximum Gasteiger partial charge on any atom is 0.293 e. The van der Waals surface area contributed by atoms with Crippen LogP contribution < -0.4 is 0 Å². The van der Waals surface area contributed by atoms with E-state index in [1.54, 1.807) is 24.3 Å². The van der Waals surface area contributed by atoms with E-state index >= 15 is 0 Å². The molecule has 0 spiro atoms. The van der Waals surface area contributed by atoms with Crippen molar-refractivity contribution in [1.82, 2.24) is 30.5 Å². The highest BCUT2D eigenvalue weighted by molar-refractivity contribution is 8.18. The van der Waals surface area contributed by atoms with E-state index in [1.807, 2.05) is 0 Å². The van der Waals surface area contributed by atoms with Crippen molar-refractivity contribution in [1.29, 1.82) is 0 Å². The van der Waals surface area contributed by atoms with Crippen LogP contribution in [-0.4, -0.2) is 46.8 Å². The number of benzene rings is 1. The number of halogens is 2. The molecule has 2 aromatic heterocycles. The fourth-order valence-corrected chi connectivity index (χ4v) is 3.62. The van der Waals surface area contributed by atoms with Gasteiger partial charge in [-0.25, -0.2) is 0 Å². The first-order chi connectivity index (χ1) is 12.9. The molecule has 1 fully saturated rings. The summed E-state index contributed by atoms with van der Waals surface area (Å²) in [6.07, 6.45) is 1.60. The fraction of sp³-hybridized carbons (Fsp3) is 0.0667. The van der Waals surface area contributed by atoms with E-state index in [9.17, 15) is 14.7 Å². The van der Waals surface area contributed by atoms with Crippen molar-refractivity contribution in [3.63, 3.8) is 0 Å². The van der Waals surface area contributed by atoms with Gasteiger partial charge in [0.05, 0.1) is 17.0 Å². The zero-order chi connectivity index (χ0) is 19.1. The summed E-state index contributed by atoms with van der Waals surface area (Å²) < 4.78 is 0. The lowest BCUT2D eigenvalue weighted by Gasteiger charge is -2.12. The highest BCUT2D eigenvalue weighted by Crippen LogP contribution is 2.36. The molecule has 2 amide bonds. The first kappa shape index (κ1) is 17.7. The second-order valence-electron chi connectivity index (χ2n) is 5.46. The quantitative estimate of drug-likeness (QED) is 0.616. The lowest BCUT2D eigenvalue weighted by atomic mass is 10.2. The van der Waals surface area contributed by atoms with Gasteiger partial charge < -0.3 is 5.11 Å². The molecule has 3 aromatic rings. The number of carbonyl (C=O) groups excluding carboxylic acids is 2. The van der Waals surface area contributed by atoms with Crippen LogP contribution in [0, 0.1) is 0 Å². The lowest BCUT2D eigenvalue weighted by molar-refractivity contribution is -0.123. The minimum Gasteiger partial charge on any atom is -0.504 e. The Morgan fingerprint density at radius 3 is 2.85 bits per heavy atom. The number of rotatable bonds is 3. The average molecular weight is 423 g/mol. The number of nitrogens with one attached hydrogen (secondary N) is 1. The number of fused-ring (bicyclic) bond motifs is 1. The first-order valence-electron chi connectivity index (χ1n) is 7.39. The van der Waals surface area contributed by atoms with Crippen molar-refractivity contribution in [2.45, 2.75) is 6.54 Å². The summed E-state index contributed by atoms with van der Waals surface area (Å²) in [6, 6.07) is 5.28. The SMILES string of the molecule is O=C1S/C(=C\c2ccc3nn[nH]c3c2)C(=O)N1Cc1nnc(Cl)c(O)c1Cl. The average Bonchev–Trinajstić information content (AvgIpc) is 3.21. The molecule has 27 heavy (non-hydrogen) atoms. The molecule has 136 valence electrons. The molecule has 1 saturated heterocycles. The van der Waals surface area contributed by atoms with Gasteiger partial charge in [-0.1, -0.05) is 34.5 Å². The number of thioether (sulfide) groups is 1. The number of aromatic amines is 1. The van der Waals surface area contributed by atoms with E-state index in [2.05, 4.69) is 25.6 Å². The topological polar surface area (TPSA) is 125 Å². The third kappa shape index (κ3) is 3.22. The molecule has 0 radical (unpaired) electrons. The molecule has 3 heterocycles. The van der Waals surface area contributed by atoms with Gasteiger partial charge in [-0.05, 0) is 35.5 Å². The number of aromatic hydroxyl groups is 1. The number of amides is 2. The van der Waals surface area contributed by atoms with Gasteiger partial charge in [-0.3, -0.25) is 19.6 Å². The summed E-state index contributed by atoms with van der Waals surface area (Å²) in [5, 5.41) is 26.4. The number of aromatic nitrogens is 5. The van der Waals surface area contributed by atoms with Crippen molar-refractivity contribution in [2.75, 3.05) is 0 Å². The Labute approximate surface area is 165 Å². The fourth-order valence-electron chi connectivity index (χ4n) is 2.41. The molecule has 2 N–H and O–H groups in total. The van der Waals surface area contributed by atoms with Gasteiger partial charge in [0.1, 0.15) is 16.2 Å². The Balaban J connectivity index is 1.61. The number of nitrogens with zero attached hydrogens (tertiary/aromatic N) is 5. The zero-order valence-corrected chi connectivity index (χ0v) is 15.5. The van der Waals surface area contributed by atoms with Crippen LogP contribution in [0.5, 0.6) is 5.75 Å². The van der Waals surface area contributed by atoms with Crippen LogP contribution in [0.2, 0.25) is 10.2 Å². The van der Waals surface area contributed by atoms with E-state index in [0.29, 0.717) is 16.6 Å². The Hall–Kier alpha value is -2.69. The van der Waals surface area contributed by atoms with Crippen LogP contribution >= 0.6 is 35.0 Å². The van der Waals surface area contributed by atoms with Crippen LogP contribution in [-0.2, 0) is 11.3 Å². The van der Waals surface area contributed by atoms with Gasteiger partial charge in [0.25, 0.3) is 11.1 Å². The standard InChI is InChI=1S/C15H8Cl2N6O3S/c16-11-9(18-21-13(17)12(11)24)5-23-14(25)10(27-15(23)26)4-6-1-2-7-8(3-6)20-22-19-7/h1-4H,5H2,(H,18,24)(H,19,20,22)/b10-4-. The number of imide groups is 1. The molecular weight excluding hydrogens is 415 g/mol. The van der Waals surface area contributed by atoms with Crippen LogP contribution in [0.1, 0.15) is 11.3 Å². The third-order valence-electron chi connectivity index (χ3n) is 3.74. The highest BCUT2D eigenvalue weighted by atomic mass is 35.5. The Kier molecular flexibility index (Phi) is 4.46. The van der Waals surface area contributed by atoms with Gasteiger partial charge in [0.2, 0.25) is 0 Å². The Morgan fingerprint density at radius 2 is 2.04 bits per heavy atom. The summed E-state index contributed by atoms with van der Waals surface area (Å²) in [5.41, 5.74) is 2.17. The summed E-state index contributed by atoms with van der Waals surface area (Å²) in [6.45, 7) is -0.234. The summed E-state index contributed by atoms with van der Waals surface area (Å²) >= 11 is 12.4. The van der Waals surface area contributed by atoms with Gasteiger partial charge in [0.15, 0.2) is 10.9 Å². The van der Waals surface area contributed by atoms with E-state index < -0.39 is 16.9 Å². The Morgan fingerprint density at radius 1 is 1.22 bits per heavy atom. The molecular formula is C15H8Cl2N6O3S. The van der Waals surface area contributed by atoms with E-state index in [4.69, 9.17) is 23.2 Å². The normalized spacial score (nSPS) is 16.1. The molecule has 0 saturated carbocycles. The minimum atomic E-state index is -0.500. The van der Waals surface area contributed by atoms with Crippen molar-refractivity contribution >= 4 is 63.2 Å². The highest BCUT2D eigenvalue weighted by Gasteiger charge is 2.36. The number of H-pyrrole nitrogens is 1. The smallest absolute Gasteiger partial charge is 0.293 e. The number of carbonyl (C=O) groups is 2. The van der Waals surface area contributed by atoms with Crippen molar-refractivity contribution in [3.8, 4) is 5.75 Å². The van der Waals surface area contributed by atoms with Gasteiger partial charge in [-0.15, -0.1) is 10.2 Å². The summed E-state index contributed by atoms with van der Waals surface area (Å²) in [5.74, 6) is -0.951. The van der Waals surface area contributed by atoms with Gasteiger partial charge in [-0.2, -0.15) is 5.10 Å². The van der Waals surface area contributed by atoms with E-state index in [1.165, 1.54) is 0 Å². The summed E-state index contributed by atoms with van der Waals surface area (Å²) in [7, 11) is 0. The third-order valence-corrected chi connectivity index (χ3v) is 5.30. The molecule has 0 aliphatic carbocycles. The molecule has 1 aliphatic heterocycles. The van der Waals surface area contributed by atoms with Crippen molar-refractivity contribution in [2.24, 2.45) is 0 Å². The van der Waals surface area contributed by atoms with E-state index in [-0.39, 0.29) is 27.3 Å². The Bertz CT molecular complexity index is 1130. The second kappa shape index (κ2) is 6.80. The van der Waals surface area contributed by atoms with Gasteiger partial charge >= 0.3 is 0 Å². The maximum atomic E-state index is 12.6. The molecule has 0 unspecified atom stereocenters. The molecule has 1 aliphatic rings. The van der Waals surface area contributed by atoms with Gasteiger partial charge in [0, 0.05) is 0 Å². The van der Waals surface area contributed by atoms with Crippen LogP contribution in [0.4, 0.5) is 4.79 Å². The molecule has 12 heteroatoms. The molecule has 1 aromatic carbocycles. The number of hydrogen-bond acceptors (Lipinski definition) is 8. The van der Waals surface area contributed by atoms with Crippen LogP contribution in [0.3, 0.4) is 0 Å². The largest absolute Gasteiger partial charge is 0.504 e. The zero-order valence-electron chi connectivity index (χ0n) is 13.2. The minimum absolute atomic E-state index is 0.0621. The predicted octanol–water partition coefficient (Wildman–Crippen LogP) is 3.00. The van der Waals surface area contributed by atoms with E-state index in [0.717, 1.165) is 16.7 Å². The van der Waals surface area contributed by atoms with Crippen LogP contribution in [0.15, 0.2) is 23.1 Å². The van der Waals surface area contributed by atoms with Crippen molar-refractivity contribution in [3.05, 3.63) is 44.5 Å². The second-order valence-corrected chi connectivity index (χ2v) is 7.19. The number of hydrogen-bond donors (Lipinski definition) is 2. The molecule has 0 bridgehead atoms. The maximum absolute atomic E-state index is 12.6. The molecule has 9 nitrogen and oxygen atoms in total. The monoisotopic (exact) mass is 422 g/mol. The van der Waals surface area contributed by atoms with Crippen LogP contribution in [0.25, 0.3) is 17.1 Å².